The fourth-order valence-corrected chi connectivity index (χ4v) is 1.97. The predicted octanol–water partition coefficient (Wildman–Crippen LogP) is 1.46. The van der Waals surface area contributed by atoms with Crippen molar-refractivity contribution in [1.82, 2.24) is 10.6 Å². The summed E-state index contributed by atoms with van der Waals surface area (Å²) in [5.41, 5.74) is 0.411. The molecule has 0 spiro atoms. The molecule has 3 heteroatoms. The molecule has 1 saturated carbocycles. The van der Waals surface area contributed by atoms with Gasteiger partial charge in [0.1, 0.15) is 0 Å². The highest BCUT2D eigenvalue weighted by Crippen LogP contribution is 2.42. The van der Waals surface area contributed by atoms with Gasteiger partial charge < -0.3 is 10.6 Å². The number of hydrogen-bond acceptors (Lipinski definition) is 2. The molecule has 0 radical (unpaired) electrons. The van der Waals surface area contributed by atoms with Gasteiger partial charge in [-0.1, -0.05) is 19.4 Å². The summed E-state index contributed by atoms with van der Waals surface area (Å²) in [6.45, 7) is 7.72. The summed E-state index contributed by atoms with van der Waals surface area (Å²) in [6, 6.07) is 0. The molecule has 3 nitrogen and oxygen atoms in total. The number of nitrogens with one attached hydrogen (secondary N) is 2. The van der Waals surface area contributed by atoms with Crippen molar-refractivity contribution in [2.75, 3.05) is 19.6 Å². The Hall–Kier alpha value is -0.830. The van der Waals surface area contributed by atoms with Crippen LogP contribution in [0.3, 0.4) is 0 Å². The number of carbonyl (C=O) groups is 1. The van der Waals surface area contributed by atoms with Crippen molar-refractivity contribution in [2.24, 2.45) is 5.41 Å². The minimum absolute atomic E-state index is 0.0941. The van der Waals surface area contributed by atoms with Crippen LogP contribution in [0, 0.1) is 5.41 Å². The minimum Gasteiger partial charge on any atom is -0.354 e. The van der Waals surface area contributed by atoms with Crippen LogP contribution in [-0.2, 0) is 4.79 Å². The van der Waals surface area contributed by atoms with Gasteiger partial charge in [-0.05, 0) is 24.7 Å². The van der Waals surface area contributed by atoms with Crippen molar-refractivity contribution in [3.63, 3.8) is 0 Å². The van der Waals surface area contributed by atoms with Gasteiger partial charge in [0.05, 0.1) is 6.54 Å². The van der Waals surface area contributed by atoms with E-state index in [0.29, 0.717) is 18.5 Å². The Labute approximate surface area is 92.3 Å². The molecule has 1 fully saturated rings. The molecule has 0 unspecified atom stereocenters. The first kappa shape index (κ1) is 12.2. The second kappa shape index (κ2) is 5.91. The van der Waals surface area contributed by atoms with Gasteiger partial charge in [-0.3, -0.25) is 4.79 Å². The third-order valence-corrected chi connectivity index (χ3v) is 3.40. The van der Waals surface area contributed by atoms with Crippen molar-refractivity contribution in [3.8, 4) is 0 Å². The lowest BCUT2D eigenvalue weighted by molar-refractivity contribution is -0.121. The van der Waals surface area contributed by atoms with E-state index < -0.39 is 0 Å². The molecular formula is C12H22N2O. The molecule has 0 aliphatic heterocycles. The van der Waals surface area contributed by atoms with Gasteiger partial charge >= 0.3 is 0 Å². The van der Waals surface area contributed by atoms with E-state index in [1.54, 1.807) is 6.08 Å². The van der Waals surface area contributed by atoms with Gasteiger partial charge in [-0.25, -0.2) is 0 Å². The molecule has 1 rings (SSSR count). The predicted molar refractivity (Wildman–Crippen MR) is 62.7 cm³/mol. The SMILES string of the molecule is C=CCNCC(=O)NCC1(CC)CCC1. The Morgan fingerprint density at radius 3 is 2.73 bits per heavy atom. The fourth-order valence-electron chi connectivity index (χ4n) is 1.97. The molecule has 0 aromatic carbocycles. The lowest BCUT2D eigenvalue weighted by Crippen LogP contribution is -2.44. The molecule has 0 atom stereocenters. The average Bonchev–Trinajstić information content (AvgIpc) is 2.17. The summed E-state index contributed by atoms with van der Waals surface area (Å²) in [4.78, 5) is 11.4. The summed E-state index contributed by atoms with van der Waals surface area (Å²) in [6.07, 6.45) is 6.78. The molecule has 0 aromatic heterocycles. The van der Waals surface area contributed by atoms with E-state index in [4.69, 9.17) is 0 Å². The Bertz CT molecular complexity index is 216. The number of amides is 1. The van der Waals surface area contributed by atoms with Gasteiger partial charge in [0, 0.05) is 13.1 Å². The monoisotopic (exact) mass is 210 g/mol. The maximum Gasteiger partial charge on any atom is 0.233 e. The van der Waals surface area contributed by atoms with Gasteiger partial charge in [0.15, 0.2) is 0 Å². The van der Waals surface area contributed by atoms with Crippen LogP contribution >= 0.6 is 0 Å². The Balaban J connectivity index is 2.12. The summed E-state index contributed by atoms with van der Waals surface area (Å²) in [7, 11) is 0. The zero-order chi connectivity index (χ0) is 11.1. The fraction of sp³-hybridized carbons (Fsp3) is 0.750. The molecule has 0 bridgehead atoms. The molecule has 86 valence electrons. The topological polar surface area (TPSA) is 41.1 Å². The van der Waals surface area contributed by atoms with Crippen molar-refractivity contribution in [1.29, 1.82) is 0 Å². The van der Waals surface area contributed by atoms with Crippen LogP contribution in [0.1, 0.15) is 32.6 Å². The van der Waals surface area contributed by atoms with Crippen LogP contribution in [0.5, 0.6) is 0 Å². The van der Waals surface area contributed by atoms with E-state index in [9.17, 15) is 4.79 Å². The van der Waals surface area contributed by atoms with Crippen LogP contribution in [0.4, 0.5) is 0 Å². The molecule has 1 amide bonds. The van der Waals surface area contributed by atoms with Crippen LogP contribution in [0.15, 0.2) is 12.7 Å². The molecule has 0 heterocycles. The van der Waals surface area contributed by atoms with Crippen LogP contribution in [0.25, 0.3) is 0 Å². The number of carbonyl (C=O) groups excluding carboxylic acids is 1. The Morgan fingerprint density at radius 1 is 1.53 bits per heavy atom. The van der Waals surface area contributed by atoms with Crippen molar-refractivity contribution >= 4 is 5.91 Å². The van der Waals surface area contributed by atoms with Crippen molar-refractivity contribution in [3.05, 3.63) is 12.7 Å². The van der Waals surface area contributed by atoms with Crippen molar-refractivity contribution in [2.45, 2.75) is 32.6 Å². The third kappa shape index (κ3) is 3.67. The summed E-state index contributed by atoms with van der Waals surface area (Å²) in [5.74, 6) is 0.0941. The average molecular weight is 210 g/mol. The highest BCUT2D eigenvalue weighted by molar-refractivity contribution is 5.78. The molecular weight excluding hydrogens is 188 g/mol. The number of hydrogen-bond donors (Lipinski definition) is 2. The first-order chi connectivity index (χ1) is 7.22. The second-order valence-electron chi connectivity index (χ2n) is 4.40. The summed E-state index contributed by atoms with van der Waals surface area (Å²) < 4.78 is 0. The highest BCUT2D eigenvalue weighted by atomic mass is 16.1. The van der Waals surface area contributed by atoms with Gasteiger partial charge in [0.2, 0.25) is 5.91 Å². The maximum absolute atomic E-state index is 11.4. The molecule has 0 aromatic rings. The highest BCUT2D eigenvalue weighted by Gasteiger charge is 2.34. The van der Waals surface area contributed by atoms with E-state index in [0.717, 1.165) is 6.54 Å². The van der Waals surface area contributed by atoms with Gasteiger partial charge in [-0.2, -0.15) is 0 Å². The lowest BCUT2D eigenvalue weighted by atomic mass is 9.67. The third-order valence-electron chi connectivity index (χ3n) is 3.40. The van der Waals surface area contributed by atoms with E-state index in [1.807, 2.05) is 0 Å². The molecule has 0 saturated heterocycles. The molecule has 2 N–H and O–H groups in total. The van der Waals surface area contributed by atoms with Crippen LogP contribution < -0.4 is 10.6 Å². The van der Waals surface area contributed by atoms with Gasteiger partial charge in [-0.15, -0.1) is 6.58 Å². The van der Waals surface area contributed by atoms with E-state index in [2.05, 4.69) is 24.1 Å². The molecule has 1 aliphatic rings. The maximum atomic E-state index is 11.4. The quantitative estimate of drug-likeness (QED) is 0.493. The zero-order valence-electron chi connectivity index (χ0n) is 9.64. The normalized spacial score (nSPS) is 17.9. The van der Waals surface area contributed by atoms with Crippen LogP contribution in [-0.4, -0.2) is 25.5 Å². The number of rotatable bonds is 7. The molecule has 15 heavy (non-hydrogen) atoms. The second-order valence-corrected chi connectivity index (χ2v) is 4.40. The summed E-state index contributed by atoms with van der Waals surface area (Å²) >= 11 is 0. The van der Waals surface area contributed by atoms with E-state index in [-0.39, 0.29) is 5.91 Å². The lowest BCUT2D eigenvalue weighted by Gasteiger charge is -2.41. The van der Waals surface area contributed by atoms with Gasteiger partial charge in [0.25, 0.3) is 0 Å². The first-order valence-corrected chi connectivity index (χ1v) is 5.81. The Kier molecular flexibility index (Phi) is 4.82. The van der Waals surface area contributed by atoms with Crippen LogP contribution in [0.2, 0.25) is 0 Å². The first-order valence-electron chi connectivity index (χ1n) is 5.81. The summed E-state index contributed by atoms with van der Waals surface area (Å²) in [5, 5.41) is 5.99. The minimum atomic E-state index is 0.0941. The zero-order valence-corrected chi connectivity index (χ0v) is 9.64. The van der Waals surface area contributed by atoms with E-state index >= 15 is 0 Å². The van der Waals surface area contributed by atoms with E-state index in [1.165, 1.54) is 25.7 Å². The van der Waals surface area contributed by atoms with Crippen molar-refractivity contribution < 1.29 is 4.79 Å². The largest absolute Gasteiger partial charge is 0.354 e. The Morgan fingerprint density at radius 2 is 2.27 bits per heavy atom. The smallest absolute Gasteiger partial charge is 0.233 e. The molecule has 1 aliphatic carbocycles. The standard InChI is InChI=1S/C12H22N2O/c1-3-8-13-9-11(15)14-10-12(4-2)6-5-7-12/h3,13H,1,4-10H2,2H3,(H,14,15).